The van der Waals surface area contributed by atoms with Gasteiger partial charge in [0.1, 0.15) is 6.61 Å². The SMILES string of the molecule is C=COCCOC(CC12C3CCC(C3)C1C1CCC2C1)(C(F)(F)F)C(F)(F)F. The van der Waals surface area contributed by atoms with Gasteiger partial charge < -0.3 is 9.47 Å². The zero-order valence-corrected chi connectivity index (χ0v) is 15.6. The van der Waals surface area contributed by atoms with Crippen molar-refractivity contribution in [1.82, 2.24) is 0 Å². The molecule has 0 spiro atoms. The minimum absolute atomic E-state index is 0.0119. The fraction of sp³-hybridized carbons (Fsp3) is 0.900. The van der Waals surface area contributed by atoms with Gasteiger partial charge in [-0.3, -0.25) is 0 Å². The minimum atomic E-state index is -5.54. The van der Waals surface area contributed by atoms with Crippen LogP contribution in [-0.2, 0) is 9.47 Å². The summed E-state index contributed by atoms with van der Waals surface area (Å²) in [5.41, 5.74) is -5.03. The highest BCUT2D eigenvalue weighted by Crippen LogP contribution is 2.77. The Balaban J connectivity index is 1.72. The second-order valence-corrected chi connectivity index (χ2v) is 9.06. The fourth-order valence-corrected chi connectivity index (χ4v) is 7.56. The van der Waals surface area contributed by atoms with E-state index >= 15 is 0 Å². The molecule has 4 unspecified atom stereocenters. The molecule has 4 aliphatic rings. The van der Waals surface area contributed by atoms with Crippen LogP contribution in [0, 0.1) is 35.0 Å². The predicted octanol–water partition coefficient (Wildman–Crippen LogP) is 5.88. The third-order valence-electron chi connectivity index (χ3n) is 8.24. The Morgan fingerprint density at radius 2 is 1.39 bits per heavy atom. The van der Waals surface area contributed by atoms with Crippen LogP contribution in [0.2, 0.25) is 0 Å². The molecule has 0 saturated heterocycles. The van der Waals surface area contributed by atoms with Gasteiger partial charge in [-0.05, 0) is 73.5 Å². The third kappa shape index (κ3) is 2.65. The van der Waals surface area contributed by atoms with Crippen molar-refractivity contribution in [2.24, 2.45) is 35.0 Å². The van der Waals surface area contributed by atoms with Crippen molar-refractivity contribution < 1.29 is 35.8 Å². The topological polar surface area (TPSA) is 18.5 Å². The summed E-state index contributed by atoms with van der Waals surface area (Å²) in [7, 11) is 0. The van der Waals surface area contributed by atoms with E-state index in [-0.39, 0.29) is 29.6 Å². The molecule has 28 heavy (non-hydrogen) atoms. The Hall–Kier alpha value is -0.920. The summed E-state index contributed by atoms with van der Waals surface area (Å²) in [6, 6.07) is 0. The van der Waals surface area contributed by atoms with Crippen LogP contribution in [0.3, 0.4) is 0 Å². The van der Waals surface area contributed by atoms with Gasteiger partial charge >= 0.3 is 12.4 Å². The second kappa shape index (κ2) is 6.54. The largest absolute Gasteiger partial charge is 0.499 e. The molecule has 4 atom stereocenters. The number of hydrogen-bond acceptors (Lipinski definition) is 2. The Bertz CT molecular complexity index is 577. The van der Waals surface area contributed by atoms with E-state index in [1.165, 1.54) is 0 Å². The zero-order chi connectivity index (χ0) is 20.4. The van der Waals surface area contributed by atoms with Crippen molar-refractivity contribution in [3.63, 3.8) is 0 Å². The first kappa shape index (κ1) is 20.4. The van der Waals surface area contributed by atoms with Crippen molar-refractivity contribution in [2.75, 3.05) is 13.2 Å². The molecule has 4 aliphatic carbocycles. The van der Waals surface area contributed by atoms with Crippen molar-refractivity contribution in [3.05, 3.63) is 12.8 Å². The molecule has 160 valence electrons. The molecule has 0 radical (unpaired) electrons. The Kier molecular flexibility index (Phi) is 4.76. The number of alkyl halides is 6. The van der Waals surface area contributed by atoms with Gasteiger partial charge in [0.15, 0.2) is 0 Å². The van der Waals surface area contributed by atoms with Crippen LogP contribution in [-0.4, -0.2) is 31.2 Å². The normalized spacial score (nSPS) is 39.4. The molecule has 0 aliphatic heterocycles. The minimum Gasteiger partial charge on any atom is -0.499 e. The van der Waals surface area contributed by atoms with Crippen LogP contribution in [0.5, 0.6) is 0 Å². The zero-order valence-electron chi connectivity index (χ0n) is 15.6. The lowest BCUT2D eigenvalue weighted by atomic mass is 9.55. The van der Waals surface area contributed by atoms with E-state index < -0.39 is 43.0 Å². The first-order chi connectivity index (χ1) is 13.1. The van der Waals surface area contributed by atoms with E-state index in [9.17, 15) is 26.3 Å². The van der Waals surface area contributed by atoms with Gasteiger partial charge in [0.25, 0.3) is 5.60 Å². The molecule has 4 bridgehead atoms. The molecule has 0 amide bonds. The number of hydrogen-bond donors (Lipinski definition) is 0. The molecule has 4 saturated carbocycles. The van der Waals surface area contributed by atoms with Gasteiger partial charge in [0, 0.05) is 6.42 Å². The molecular formula is C20H26F6O2. The first-order valence-corrected chi connectivity index (χ1v) is 10.1. The number of ether oxygens (including phenoxy) is 2. The lowest BCUT2D eigenvalue weighted by Gasteiger charge is -2.52. The van der Waals surface area contributed by atoms with Crippen LogP contribution in [0.4, 0.5) is 26.3 Å². The van der Waals surface area contributed by atoms with Crippen molar-refractivity contribution in [2.45, 2.75) is 62.9 Å². The quantitative estimate of drug-likeness (QED) is 0.225. The Labute approximate surface area is 160 Å². The average Bonchev–Trinajstić information content (AvgIpc) is 3.34. The lowest BCUT2D eigenvalue weighted by molar-refractivity contribution is -0.393. The van der Waals surface area contributed by atoms with Gasteiger partial charge in [0.2, 0.25) is 0 Å². The van der Waals surface area contributed by atoms with Gasteiger partial charge in [-0.2, -0.15) is 26.3 Å². The molecule has 0 aromatic carbocycles. The molecule has 4 rings (SSSR count). The molecule has 0 aromatic rings. The van der Waals surface area contributed by atoms with E-state index in [2.05, 4.69) is 6.58 Å². The highest BCUT2D eigenvalue weighted by molar-refractivity contribution is 5.20. The maximum Gasteiger partial charge on any atom is 0.426 e. The monoisotopic (exact) mass is 412 g/mol. The van der Waals surface area contributed by atoms with E-state index in [0.717, 1.165) is 44.8 Å². The highest BCUT2D eigenvalue weighted by atomic mass is 19.4. The number of rotatable bonds is 7. The molecule has 8 heteroatoms. The van der Waals surface area contributed by atoms with E-state index in [1.54, 1.807) is 0 Å². The van der Waals surface area contributed by atoms with Gasteiger partial charge in [-0.15, -0.1) is 0 Å². The first-order valence-electron chi connectivity index (χ1n) is 10.1. The predicted molar refractivity (Wildman–Crippen MR) is 89.1 cm³/mol. The summed E-state index contributed by atoms with van der Waals surface area (Å²) in [6.45, 7) is 2.07. The van der Waals surface area contributed by atoms with Crippen LogP contribution < -0.4 is 0 Å². The lowest BCUT2D eigenvalue weighted by Crippen LogP contribution is -2.63. The average molecular weight is 412 g/mol. The standard InChI is InChI=1S/C20H26F6O2/c1-2-27-7-8-28-18(19(21,22)23,20(24,25)26)11-17-14-5-3-12(9-14)16(17)13-4-6-15(17)10-13/h2,12-16H,1,3-11H2. The molecule has 0 aromatic heterocycles. The van der Waals surface area contributed by atoms with Crippen molar-refractivity contribution >= 4 is 0 Å². The number of halogens is 6. The summed E-state index contributed by atoms with van der Waals surface area (Å²) >= 11 is 0. The van der Waals surface area contributed by atoms with Crippen molar-refractivity contribution in [1.29, 1.82) is 0 Å². The van der Waals surface area contributed by atoms with Gasteiger partial charge in [-0.1, -0.05) is 6.58 Å². The third-order valence-corrected chi connectivity index (χ3v) is 8.24. The number of fused-ring (bicyclic) bond motifs is 9. The molecule has 0 heterocycles. The molecule has 4 fully saturated rings. The molecular weight excluding hydrogens is 386 g/mol. The summed E-state index contributed by atoms with van der Waals surface area (Å²) in [4.78, 5) is 0. The van der Waals surface area contributed by atoms with Crippen LogP contribution in [0.15, 0.2) is 12.8 Å². The van der Waals surface area contributed by atoms with E-state index in [1.807, 2.05) is 0 Å². The fourth-order valence-electron chi connectivity index (χ4n) is 7.56. The summed E-state index contributed by atoms with van der Waals surface area (Å²) < 4.78 is 93.8. The van der Waals surface area contributed by atoms with Crippen LogP contribution in [0.1, 0.15) is 44.9 Å². The molecule has 0 N–H and O–H groups in total. The van der Waals surface area contributed by atoms with Crippen LogP contribution in [0.25, 0.3) is 0 Å². The smallest absolute Gasteiger partial charge is 0.426 e. The van der Waals surface area contributed by atoms with Gasteiger partial charge in [0.05, 0.1) is 12.9 Å². The Morgan fingerprint density at radius 1 is 0.857 bits per heavy atom. The summed E-state index contributed by atoms with van der Waals surface area (Å²) in [5.74, 6) is 0.457. The highest BCUT2D eigenvalue weighted by Gasteiger charge is 2.79. The second-order valence-electron chi connectivity index (χ2n) is 9.06. The van der Waals surface area contributed by atoms with E-state index in [0.29, 0.717) is 0 Å². The maximum atomic E-state index is 14.1. The summed E-state index contributed by atoms with van der Waals surface area (Å²) in [6.07, 6.45) is -6.15. The van der Waals surface area contributed by atoms with E-state index in [4.69, 9.17) is 9.47 Å². The summed E-state index contributed by atoms with van der Waals surface area (Å²) in [5, 5.41) is 0. The Morgan fingerprint density at radius 3 is 1.86 bits per heavy atom. The maximum absolute atomic E-state index is 14.1. The van der Waals surface area contributed by atoms with Crippen molar-refractivity contribution in [3.8, 4) is 0 Å². The van der Waals surface area contributed by atoms with Gasteiger partial charge in [-0.25, -0.2) is 0 Å². The van der Waals surface area contributed by atoms with Crippen LogP contribution >= 0.6 is 0 Å². The molecule has 2 nitrogen and oxygen atoms in total.